The molecule has 0 aromatic carbocycles. The van der Waals surface area contributed by atoms with Crippen molar-refractivity contribution in [1.29, 1.82) is 0 Å². The Hall–Kier alpha value is -0.610. The van der Waals surface area contributed by atoms with Gasteiger partial charge in [0.1, 0.15) is 0 Å². The van der Waals surface area contributed by atoms with Crippen LogP contribution in [0.15, 0.2) is 4.99 Å². The lowest BCUT2D eigenvalue weighted by Gasteiger charge is -2.26. The number of hydrogen-bond donors (Lipinski definition) is 3. The van der Waals surface area contributed by atoms with Crippen molar-refractivity contribution in [3.05, 3.63) is 0 Å². The lowest BCUT2D eigenvalue weighted by molar-refractivity contribution is -0.120. The third-order valence-corrected chi connectivity index (χ3v) is 3.44. The van der Waals surface area contributed by atoms with Gasteiger partial charge in [0, 0.05) is 33.8 Å². The second kappa shape index (κ2) is 14.0. The van der Waals surface area contributed by atoms with E-state index in [2.05, 4.69) is 25.8 Å². The van der Waals surface area contributed by atoms with Crippen LogP contribution in [0.25, 0.3) is 0 Å². The predicted octanol–water partition coefficient (Wildman–Crippen LogP) is 0.0179. The van der Waals surface area contributed by atoms with Crippen molar-refractivity contribution in [3.8, 4) is 0 Å². The number of aliphatic imine (C=N–C) groups is 1. The van der Waals surface area contributed by atoms with Gasteiger partial charge in [-0.1, -0.05) is 6.42 Å². The van der Waals surface area contributed by atoms with E-state index < -0.39 is 0 Å². The molecule has 0 bridgehead atoms. The molecule has 1 fully saturated rings. The zero-order valence-electron chi connectivity index (χ0n) is 13.7. The summed E-state index contributed by atoms with van der Waals surface area (Å²) in [5.41, 5.74) is 0. The van der Waals surface area contributed by atoms with Crippen LogP contribution in [0.3, 0.4) is 0 Å². The van der Waals surface area contributed by atoms with Crippen LogP contribution in [0.4, 0.5) is 0 Å². The van der Waals surface area contributed by atoms with E-state index in [1.54, 1.807) is 14.2 Å². The Morgan fingerprint density at radius 2 is 1.86 bits per heavy atom. The third kappa shape index (κ3) is 10.2. The van der Waals surface area contributed by atoms with E-state index in [9.17, 15) is 4.79 Å². The summed E-state index contributed by atoms with van der Waals surface area (Å²) >= 11 is 0. The van der Waals surface area contributed by atoms with Crippen molar-refractivity contribution < 1.29 is 9.53 Å². The highest BCUT2D eigenvalue weighted by atomic mass is 127. The molecule has 0 aromatic heterocycles. The Morgan fingerprint density at radius 3 is 2.50 bits per heavy atom. The van der Waals surface area contributed by atoms with Crippen molar-refractivity contribution in [2.45, 2.75) is 19.3 Å². The number of guanidine groups is 1. The molecule has 130 valence electrons. The number of halogens is 1. The highest BCUT2D eigenvalue weighted by molar-refractivity contribution is 14.0. The number of nitrogens with zero attached hydrogens (tertiary/aromatic N) is 2. The van der Waals surface area contributed by atoms with Gasteiger partial charge in [-0.05, 0) is 25.9 Å². The summed E-state index contributed by atoms with van der Waals surface area (Å²) < 4.78 is 4.87. The van der Waals surface area contributed by atoms with Crippen molar-refractivity contribution in [3.63, 3.8) is 0 Å². The highest BCUT2D eigenvalue weighted by Gasteiger charge is 2.09. The molecule has 1 rings (SSSR count). The van der Waals surface area contributed by atoms with E-state index in [-0.39, 0.29) is 36.4 Å². The largest absolute Gasteiger partial charge is 0.383 e. The maximum atomic E-state index is 11.5. The minimum Gasteiger partial charge on any atom is -0.383 e. The molecule has 0 aliphatic carbocycles. The van der Waals surface area contributed by atoms with Crippen molar-refractivity contribution in [1.82, 2.24) is 20.9 Å². The number of methoxy groups -OCH3 is 1. The maximum absolute atomic E-state index is 11.5. The Labute approximate surface area is 150 Å². The summed E-state index contributed by atoms with van der Waals surface area (Å²) in [5.74, 6) is 0.597. The fourth-order valence-corrected chi connectivity index (χ4v) is 2.26. The molecule has 0 aromatic rings. The lowest BCUT2D eigenvalue weighted by Crippen LogP contribution is -2.46. The minimum absolute atomic E-state index is 0. The fourth-order valence-electron chi connectivity index (χ4n) is 2.26. The molecule has 0 unspecified atom stereocenters. The highest BCUT2D eigenvalue weighted by Crippen LogP contribution is 2.07. The van der Waals surface area contributed by atoms with Gasteiger partial charge in [-0.15, -0.1) is 24.0 Å². The quantitative estimate of drug-likeness (QED) is 0.220. The van der Waals surface area contributed by atoms with Crippen LogP contribution in [-0.2, 0) is 9.53 Å². The van der Waals surface area contributed by atoms with Crippen LogP contribution in [0.1, 0.15) is 19.3 Å². The third-order valence-electron chi connectivity index (χ3n) is 3.44. The molecular formula is C14H30IN5O2. The summed E-state index contributed by atoms with van der Waals surface area (Å²) in [4.78, 5) is 18.1. The summed E-state index contributed by atoms with van der Waals surface area (Å²) in [6, 6.07) is 0. The van der Waals surface area contributed by atoms with Gasteiger partial charge in [0.15, 0.2) is 5.96 Å². The smallest absolute Gasteiger partial charge is 0.239 e. The Kier molecular flexibility index (Phi) is 13.6. The van der Waals surface area contributed by atoms with E-state index in [4.69, 9.17) is 4.74 Å². The van der Waals surface area contributed by atoms with Crippen molar-refractivity contribution in [2.75, 3.05) is 60.0 Å². The minimum atomic E-state index is -0.0639. The molecule has 1 amide bonds. The molecule has 0 atom stereocenters. The number of carbonyl (C=O) groups excluding carboxylic acids is 1. The second-order valence-electron chi connectivity index (χ2n) is 5.10. The van der Waals surface area contributed by atoms with Crippen LogP contribution in [0, 0.1) is 0 Å². The zero-order valence-corrected chi connectivity index (χ0v) is 16.0. The number of piperidine rings is 1. The average Bonchev–Trinajstić information content (AvgIpc) is 2.52. The van der Waals surface area contributed by atoms with E-state index in [1.807, 2.05) is 0 Å². The number of nitrogens with one attached hydrogen (secondary N) is 3. The summed E-state index contributed by atoms with van der Waals surface area (Å²) in [6.07, 6.45) is 3.95. The van der Waals surface area contributed by atoms with E-state index in [1.165, 1.54) is 32.4 Å². The molecule has 1 aliphatic rings. The number of rotatable bonds is 8. The number of hydrogen-bond acceptors (Lipinski definition) is 4. The van der Waals surface area contributed by atoms with Crippen LogP contribution in [0.2, 0.25) is 0 Å². The zero-order chi connectivity index (χ0) is 15.3. The first kappa shape index (κ1) is 21.4. The Balaban J connectivity index is 0.00000441. The van der Waals surface area contributed by atoms with Crippen molar-refractivity contribution in [2.24, 2.45) is 4.99 Å². The monoisotopic (exact) mass is 427 g/mol. The normalized spacial score (nSPS) is 15.8. The molecule has 1 heterocycles. The van der Waals surface area contributed by atoms with Gasteiger partial charge >= 0.3 is 0 Å². The van der Waals surface area contributed by atoms with Crippen LogP contribution in [0.5, 0.6) is 0 Å². The van der Waals surface area contributed by atoms with Crippen molar-refractivity contribution >= 4 is 35.8 Å². The first-order valence-corrected chi connectivity index (χ1v) is 7.68. The van der Waals surface area contributed by atoms with Gasteiger partial charge in [0.25, 0.3) is 0 Å². The maximum Gasteiger partial charge on any atom is 0.239 e. The predicted molar refractivity (Wildman–Crippen MR) is 100.0 cm³/mol. The summed E-state index contributed by atoms with van der Waals surface area (Å²) in [7, 11) is 3.32. The van der Waals surface area contributed by atoms with Gasteiger partial charge in [0.05, 0.1) is 13.2 Å². The number of carbonyl (C=O) groups is 1. The van der Waals surface area contributed by atoms with E-state index in [0.717, 1.165) is 13.1 Å². The topological polar surface area (TPSA) is 78.0 Å². The number of ether oxygens (including phenoxy) is 1. The van der Waals surface area contributed by atoms with Gasteiger partial charge < -0.3 is 25.6 Å². The lowest BCUT2D eigenvalue weighted by atomic mass is 10.1. The molecular weight excluding hydrogens is 397 g/mol. The molecule has 8 heteroatoms. The first-order chi connectivity index (χ1) is 10.3. The molecule has 7 nitrogen and oxygen atoms in total. The average molecular weight is 427 g/mol. The van der Waals surface area contributed by atoms with E-state index >= 15 is 0 Å². The summed E-state index contributed by atoms with van der Waals surface area (Å²) in [6.45, 7) is 5.50. The fraction of sp³-hybridized carbons (Fsp3) is 0.857. The number of amides is 1. The van der Waals surface area contributed by atoms with Gasteiger partial charge in [-0.2, -0.15) is 0 Å². The van der Waals surface area contributed by atoms with Gasteiger partial charge in [-0.3, -0.25) is 9.79 Å². The van der Waals surface area contributed by atoms with Gasteiger partial charge in [-0.25, -0.2) is 0 Å². The SMILES string of the molecule is CN=C(NCCN1CCCCC1)NCC(=O)NCCOC.I. The molecule has 3 N–H and O–H groups in total. The Morgan fingerprint density at radius 1 is 1.14 bits per heavy atom. The second-order valence-corrected chi connectivity index (χ2v) is 5.10. The Bertz CT molecular complexity index is 322. The standard InChI is InChI=1S/C14H29N5O2.HI/c1-15-14(18-12-13(20)16-7-11-21-2)17-6-10-19-8-4-3-5-9-19;/h3-12H2,1-2H3,(H,16,20)(H2,15,17,18);1H. The van der Waals surface area contributed by atoms with Gasteiger partial charge in [0.2, 0.25) is 5.91 Å². The van der Waals surface area contributed by atoms with Crippen LogP contribution < -0.4 is 16.0 Å². The molecule has 0 saturated carbocycles. The molecule has 1 saturated heterocycles. The molecule has 0 radical (unpaired) electrons. The van der Waals surface area contributed by atoms with Crippen LogP contribution >= 0.6 is 24.0 Å². The molecule has 1 aliphatic heterocycles. The van der Waals surface area contributed by atoms with Crippen LogP contribution in [-0.4, -0.2) is 76.8 Å². The first-order valence-electron chi connectivity index (χ1n) is 7.68. The molecule has 22 heavy (non-hydrogen) atoms. The summed E-state index contributed by atoms with van der Waals surface area (Å²) in [5, 5.41) is 8.99. The molecule has 0 spiro atoms. The number of likely N-dealkylation sites (tertiary alicyclic amines) is 1. The van der Waals surface area contributed by atoms with E-state index in [0.29, 0.717) is 19.1 Å².